The van der Waals surface area contributed by atoms with E-state index in [0.717, 1.165) is 5.57 Å². The Hall–Kier alpha value is -3.09. The van der Waals surface area contributed by atoms with E-state index in [1.54, 1.807) is 48.1 Å². The number of hydrogen-bond donors (Lipinski definition) is 1. The Labute approximate surface area is 173 Å². The molecule has 29 heavy (non-hydrogen) atoms. The molecule has 0 spiro atoms. The van der Waals surface area contributed by atoms with Gasteiger partial charge in [-0.3, -0.25) is 14.7 Å². The number of aromatic amines is 1. The number of benzene rings is 1. The molecule has 0 saturated heterocycles. The van der Waals surface area contributed by atoms with Gasteiger partial charge in [0.1, 0.15) is 0 Å². The van der Waals surface area contributed by atoms with E-state index in [4.69, 9.17) is 16.3 Å². The SMILES string of the molecule is C=C/C=C(\C=C)Cn1[nH]c2cc(=O)n(CCOC)c(-c3cccc(Cl)c3)c2c1=O. The van der Waals surface area contributed by atoms with Gasteiger partial charge in [0.05, 0.1) is 29.7 Å². The summed E-state index contributed by atoms with van der Waals surface area (Å²) in [6.07, 6.45) is 5.08. The predicted octanol–water partition coefficient (Wildman–Crippen LogP) is 3.76. The molecule has 0 saturated carbocycles. The highest BCUT2D eigenvalue weighted by Gasteiger charge is 2.19. The number of H-pyrrole nitrogens is 1. The highest BCUT2D eigenvalue weighted by molar-refractivity contribution is 6.30. The summed E-state index contributed by atoms with van der Waals surface area (Å²) >= 11 is 6.18. The molecule has 0 aliphatic rings. The Morgan fingerprint density at radius 1 is 1.28 bits per heavy atom. The van der Waals surface area contributed by atoms with Crippen LogP contribution >= 0.6 is 11.6 Å². The zero-order valence-corrected chi connectivity index (χ0v) is 16.9. The molecule has 0 bridgehead atoms. The van der Waals surface area contributed by atoms with Crippen molar-refractivity contribution < 1.29 is 4.74 Å². The molecule has 0 fully saturated rings. The molecule has 1 N–H and O–H groups in total. The van der Waals surface area contributed by atoms with Gasteiger partial charge < -0.3 is 9.30 Å². The quantitative estimate of drug-likeness (QED) is 0.574. The van der Waals surface area contributed by atoms with Crippen molar-refractivity contribution in [2.75, 3.05) is 13.7 Å². The average Bonchev–Trinajstić information content (AvgIpc) is 3.00. The van der Waals surface area contributed by atoms with Gasteiger partial charge >= 0.3 is 0 Å². The number of ether oxygens (including phenoxy) is 1. The van der Waals surface area contributed by atoms with Crippen LogP contribution in [0.25, 0.3) is 22.2 Å². The van der Waals surface area contributed by atoms with Crippen molar-refractivity contribution in [2.45, 2.75) is 13.1 Å². The van der Waals surface area contributed by atoms with E-state index >= 15 is 0 Å². The van der Waals surface area contributed by atoms with Crippen molar-refractivity contribution in [3.63, 3.8) is 0 Å². The van der Waals surface area contributed by atoms with E-state index in [2.05, 4.69) is 18.3 Å². The first-order valence-corrected chi connectivity index (χ1v) is 9.43. The topological polar surface area (TPSA) is 69.0 Å². The molecule has 0 radical (unpaired) electrons. The molecule has 1 aromatic carbocycles. The van der Waals surface area contributed by atoms with Gasteiger partial charge in [-0.25, -0.2) is 4.68 Å². The van der Waals surface area contributed by atoms with Crippen LogP contribution in [-0.2, 0) is 17.8 Å². The van der Waals surface area contributed by atoms with Gasteiger partial charge in [-0.2, -0.15) is 0 Å². The van der Waals surface area contributed by atoms with E-state index < -0.39 is 0 Å². The van der Waals surface area contributed by atoms with Crippen LogP contribution in [0.3, 0.4) is 0 Å². The van der Waals surface area contributed by atoms with Crippen LogP contribution < -0.4 is 11.1 Å². The van der Waals surface area contributed by atoms with Crippen molar-refractivity contribution in [3.8, 4) is 11.3 Å². The van der Waals surface area contributed by atoms with E-state index in [1.165, 1.54) is 10.7 Å². The van der Waals surface area contributed by atoms with E-state index in [0.29, 0.717) is 40.3 Å². The Morgan fingerprint density at radius 2 is 2.07 bits per heavy atom. The maximum absolute atomic E-state index is 13.3. The average molecular weight is 412 g/mol. The molecule has 3 aromatic rings. The molecular formula is C22H22ClN3O3. The maximum Gasteiger partial charge on any atom is 0.276 e. The molecular weight excluding hydrogens is 390 g/mol. The van der Waals surface area contributed by atoms with Crippen LogP contribution in [0.5, 0.6) is 0 Å². The smallest absolute Gasteiger partial charge is 0.276 e. The zero-order valence-electron chi connectivity index (χ0n) is 16.2. The summed E-state index contributed by atoms with van der Waals surface area (Å²) in [5.74, 6) is 0. The van der Waals surface area contributed by atoms with Gasteiger partial charge in [-0.05, 0) is 17.7 Å². The Bertz CT molecular complexity index is 1210. The third-order valence-corrected chi connectivity index (χ3v) is 4.81. The highest BCUT2D eigenvalue weighted by atomic mass is 35.5. The fraction of sp³-hybridized carbons (Fsp3) is 0.182. The second kappa shape index (κ2) is 8.94. The van der Waals surface area contributed by atoms with E-state index in [9.17, 15) is 9.59 Å². The summed E-state index contributed by atoms with van der Waals surface area (Å²) in [6.45, 7) is 8.37. The van der Waals surface area contributed by atoms with Crippen LogP contribution in [-0.4, -0.2) is 28.1 Å². The second-order valence-electron chi connectivity index (χ2n) is 6.46. The fourth-order valence-corrected chi connectivity index (χ4v) is 3.44. The number of rotatable bonds is 8. The molecule has 0 atom stereocenters. The number of methoxy groups -OCH3 is 1. The Balaban J connectivity index is 2.32. The number of fused-ring (bicyclic) bond motifs is 1. The third-order valence-electron chi connectivity index (χ3n) is 4.58. The van der Waals surface area contributed by atoms with Crippen LogP contribution in [0.2, 0.25) is 5.02 Å². The van der Waals surface area contributed by atoms with Crippen LogP contribution in [0.4, 0.5) is 0 Å². The van der Waals surface area contributed by atoms with E-state index in [1.807, 2.05) is 6.07 Å². The molecule has 6 nitrogen and oxygen atoms in total. The number of allylic oxidation sites excluding steroid dienone is 4. The molecule has 7 heteroatoms. The number of hydrogen-bond acceptors (Lipinski definition) is 3. The lowest BCUT2D eigenvalue weighted by Gasteiger charge is -2.13. The van der Waals surface area contributed by atoms with Crippen molar-refractivity contribution in [3.05, 3.63) is 93.0 Å². The minimum absolute atomic E-state index is 0.233. The summed E-state index contributed by atoms with van der Waals surface area (Å²) in [5, 5.41) is 3.98. The largest absolute Gasteiger partial charge is 0.383 e. The molecule has 0 unspecified atom stereocenters. The lowest BCUT2D eigenvalue weighted by Crippen LogP contribution is -2.25. The summed E-state index contributed by atoms with van der Waals surface area (Å²) in [6, 6.07) is 8.53. The molecule has 2 aromatic heterocycles. The second-order valence-corrected chi connectivity index (χ2v) is 6.90. The number of halogens is 1. The van der Waals surface area contributed by atoms with Gasteiger partial charge in [0.25, 0.3) is 11.1 Å². The maximum atomic E-state index is 13.3. The highest BCUT2D eigenvalue weighted by Crippen LogP contribution is 2.27. The number of aromatic nitrogens is 3. The van der Waals surface area contributed by atoms with Crippen molar-refractivity contribution >= 4 is 22.5 Å². The summed E-state index contributed by atoms with van der Waals surface area (Å²) in [7, 11) is 1.56. The molecule has 2 heterocycles. The van der Waals surface area contributed by atoms with Crippen molar-refractivity contribution in [2.24, 2.45) is 0 Å². The molecule has 150 valence electrons. The molecule has 0 amide bonds. The number of nitrogens with one attached hydrogen (secondary N) is 1. The normalized spacial score (nSPS) is 11.7. The molecule has 0 aliphatic carbocycles. The third kappa shape index (κ3) is 4.18. The summed E-state index contributed by atoms with van der Waals surface area (Å²) < 4.78 is 8.15. The van der Waals surface area contributed by atoms with Gasteiger partial charge in [-0.15, -0.1) is 0 Å². The lowest BCUT2D eigenvalue weighted by atomic mass is 10.1. The first-order valence-electron chi connectivity index (χ1n) is 9.05. The van der Waals surface area contributed by atoms with Crippen molar-refractivity contribution in [1.29, 1.82) is 0 Å². The standard InChI is InChI=1S/C22H22ClN3O3/c1-4-7-15(5-2)14-26-22(28)20-18(24-26)13-19(27)25(10-11-29-3)21(20)16-8-6-9-17(23)12-16/h4-9,12-13,24H,1-2,10-11,14H2,3H3/b15-7+. The Kier molecular flexibility index (Phi) is 6.36. The monoisotopic (exact) mass is 411 g/mol. The minimum Gasteiger partial charge on any atom is -0.383 e. The zero-order chi connectivity index (χ0) is 21.0. The lowest BCUT2D eigenvalue weighted by molar-refractivity contribution is 0.187. The number of nitrogens with zero attached hydrogens (tertiary/aromatic N) is 2. The van der Waals surface area contributed by atoms with Gasteiger partial charge in [-0.1, -0.05) is 55.1 Å². The van der Waals surface area contributed by atoms with Crippen molar-refractivity contribution in [1.82, 2.24) is 14.3 Å². The van der Waals surface area contributed by atoms with Crippen LogP contribution in [0.1, 0.15) is 0 Å². The van der Waals surface area contributed by atoms with Gasteiger partial charge in [0.2, 0.25) is 0 Å². The fourth-order valence-electron chi connectivity index (χ4n) is 3.25. The predicted molar refractivity (Wildman–Crippen MR) is 118 cm³/mol. The van der Waals surface area contributed by atoms with Crippen LogP contribution in [0, 0.1) is 0 Å². The molecule has 3 rings (SSSR count). The summed E-state index contributed by atoms with van der Waals surface area (Å²) in [5.41, 5.74) is 2.00. The van der Waals surface area contributed by atoms with Crippen LogP contribution in [0.15, 0.2) is 76.9 Å². The first kappa shape index (κ1) is 20.6. The van der Waals surface area contributed by atoms with Gasteiger partial charge in [0, 0.05) is 30.3 Å². The number of pyridine rings is 1. The van der Waals surface area contributed by atoms with Gasteiger partial charge in [0.15, 0.2) is 0 Å². The van der Waals surface area contributed by atoms with E-state index in [-0.39, 0.29) is 17.7 Å². The Morgan fingerprint density at radius 3 is 2.72 bits per heavy atom. The summed E-state index contributed by atoms with van der Waals surface area (Å²) in [4.78, 5) is 26.1. The first-order chi connectivity index (χ1) is 14.0. The molecule has 0 aliphatic heterocycles. The minimum atomic E-state index is -0.238.